The van der Waals surface area contributed by atoms with Crippen molar-refractivity contribution in [2.24, 2.45) is 0 Å². The highest BCUT2D eigenvalue weighted by Crippen LogP contribution is 2.13. The maximum atomic E-state index is 8.88. The molecule has 1 aromatic carbocycles. The maximum absolute atomic E-state index is 8.88. The molecule has 1 rings (SSSR count). The van der Waals surface area contributed by atoms with Crippen LogP contribution in [0.2, 0.25) is 0 Å². The summed E-state index contributed by atoms with van der Waals surface area (Å²) in [6.07, 6.45) is 0. The lowest BCUT2D eigenvalue weighted by atomic mass is 10.1. The first-order valence-electron chi connectivity index (χ1n) is 6.67. The Balaban J connectivity index is 2.45. The average molecular weight is 245 g/mol. The Kier molecular flexibility index (Phi) is 6.42. The fourth-order valence-electron chi connectivity index (χ4n) is 1.97. The van der Waals surface area contributed by atoms with Crippen molar-refractivity contribution in [2.45, 2.75) is 26.8 Å². The van der Waals surface area contributed by atoms with E-state index in [1.807, 2.05) is 18.2 Å². The monoisotopic (exact) mass is 245 g/mol. The first-order valence-corrected chi connectivity index (χ1v) is 6.67. The zero-order chi connectivity index (χ0) is 13.4. The molecule has 98 valence electrons. The van der Waals surface area contributed by atoms with E-state index in [1.165, 1.54) is 5.56 Å². The van der Waals surface area contributed by atoms with Crippen molar-refractivity contribution in [2.75, 3.05) is 26.2 Å². The van der Waals surface area contributed by atoms with Crippen molar-refractivity contribution in [1.29, 1.82) is 5.26 Å². The molecule has 0 heterocycles. The van der Waals surface area contributed by atoms with Crippen molar-refractivity contribution in [1.82, 2.24) is 10.2 Å². The second-order valence-corrected chi connectivity index (χ2v) is 4.44. The number of nitrogens with zero attached hydrogens (tertiary/aromatic N) is 2. The van der Waals surface area contributed by atoms with Gasteiger partial charge in [-0.2, -0.15) is 5.26 Å². The third-order valence-corrected chi connectivity index (χ3v) is 3.29. The molecule has 1 unspecified atom stereocenters. The van der Waals surface area contributed by atoms with Crippen LogP contribution in [-0.2, 0) is 0 Å². The lowest BCUT2D eigenvalue weighted by Crippen LogP contribution is -2.33. The molecule has 0 aliphatic rings. The number of benzene rings is 1. The van der Waals surface area contributed by atoms with Crippen molar-refractivity contribution >= 4 is 0 Å². The van der Waals surface area contributed by atoms with Gasteiger partial charge in [0, 0.05) is 19.1 Å². The maximum Gasteiger partial charge on any atom is 0.0991 e. The number of rotatable bonds is 7. The van der Waals surface area contributed by atoms with Crippen LogP contribution < -0.4 is 5.32 Å². The van der Waals surface area contributed by atoms with E-state index in [-0.39, 0.29) is 6.04 Å². The minimum Gasteiger partial charge on any atom is -0.309 e. The number of nitrogens with one attached hydrogen (secondary N) is 1. The van der Waals surface area contributed by atoms with E-state index in [0.717, 1.165) is 31.7 Å². The molecule has 0 radical (unpaired) electrons. The van der Waals surface area contributed by atoms with Gasteiger partial charge in [0.2, 0.25) is 0 Å². The fourth-order valence-corrected chi connectivity index (χ4v) is 1.97. The molecule has 0 aliphatic carbocycles. The van der Waals surface area contributed by atoms with Crippen LogP contribution in [0.5, 0.6) is 0 Å². The second-order valence-electron chi connectivity index (χ2n) is 4.44. The summed E-state index contributed by atoms with van der Waals surface area (Å²) >= 11 is 0. The molecule has 0 spiro atoms. The molecule has 0 aliphatic heterocycles. The van der Waals surface area contributed by atoms with Gasteiger partial charge in [0.1, 0.15) is 0 Å². The van der Waals surface area contributed by atoms with E-state index in [1.54, 1.807) is 0 Å². The van der Waals surface area contributed by atoms with E-state index in [9.17, 15) is 0 Å². The fraction of sp³-hybridized carbons (Fsp3) is 0.533. The molecular formula is C15H23N3. The van der Waals surface area contributed by atoms with Crippen LogP contribution in [0.3, 0.4) is 0 Å². The molecule has 0 saturated carbocycles. The summed E-state index contributed by atoms with van der Waals surface area (Å²) in [6.45, 7) is 10.7. The zero-order valence-electron chi connectivity index (χ0n) is 11.6. The summed E-state index contributed by atoms with van der Waals surface area (Å²) in [5.41, 5.74) is 1.90. The number of likely N-dealkylation sites (N-methyl/N-ethyl adjacent to an activating group) is 1. The minimum absolute atomic E-state index is 0.286. The number of hydrogen-bond donors (Lipinski definition) is 1. The summed E-state index contributed by atoms with van der Waals surface area (Å²) in [5, 5.41) is 12.4. The standard InChI is InChI=1S/C15H23N3/c1-4-18(5-2)10-9-17-13(3)15-8-6-7-14(11-15)12-16/h6-8,11,13,17H,4-5,9-10H2,1-3H3. The summed E-state index contributed by atoms with van der Waals surface area (Å²) < 4.78 is 0. The molecule has 0 saturated heterocycles. The first kappa shape index (κ1) is 14.7. The lowest BCUT2D eigenvalue weighted by Gasteiger charge is -2.20. The van der Waals surface area contributed by atoms with Crippen LogP contribution in [0.4, 0.5) is 0 Å². The molecule has 0 bridgehead atoms. The molecule has 1 atom stereocenters. The van der Waals surface area contributed by atoms with Gasteiger partial charge in [-0.05, 0) is 37.7 Å². The number of nitriles is 1. The quantitative estimate of drug-likeness (QED) is 0.802. The van der Waals surface area contributed by atoms with Gasteiger partial charge in [-0.25, -0.2) is 0 Å². The zero-order valence-corrected chi connectivity index (χ0v) is 11.6. The van der Waals surface area contributed by atoms with Crippen LogP contribution in [0.25, 0.3) is 0 Å². The van der Waals surface area contributed by atoms with Gasteiger partial charge < -0.3 is 10.2 Å². The third kappa shape index (κ3) is 4.48. The predicted molar refractivity (Wildman–Crippen MR) is 75.4 cm³/mol. The lowest BCUT2D eigenvalue weighted by molar-refractivity contribution is 0.298. The predicted octanol–water partition coefficient (Wildman–Crippen LogP) is 2.55. The van der Waals surface area contributed by atoms with Gasteiger partial charge in [0.15, 0.2) is 0 Å². The Morgan fingerprint density at radius 2 is 2.06 bits per heavy atom. The molecule has 3 nitrogen and oxygen atoms in total. The Hall–Kier alpha value is -1.37. The minimum atomic E-state index is 0.286. The Morgan fingerprint density at radius 3 is 2.67 bits per heavy atom. The van der Waals surface area contributed by atoms with E-state index in [0.29, 0.717) is 0 Å². The summed E-state index contributed by atoms with van der Waals surface area (Å²) in [5.74, 6) is 0. The van der Waals surface area contributed by atoms with E-state index < -0.39 is 0 Å². The van der Waals surface area contributed by atoms with Crippen LogP contribution in [0.15, 0.2) is 24.3 Å². The highest BCUT2D eigenvalue weighted by atomic mass is 15.1. The normalized spacial score (nSPS) is 12.4. The molecule has 0 fully saturated rings. The van der Waals surface area contributed by atoms with E-state index >= 15 is 0 Å². The Labute approximate surface area is 110 Å². The van der Waals surface area contributed by atoms with Gasteiger partial charge in [-0.15, -0.1) is 0 Å². The van der Waals surface area contributed by atoms with Crippen molar-refractivity contribution in [3.63, 3.8) is 0 Å². The van der Waals surface area contributed by atoms with E-state index in [2.05, 4.69) is 43.1 Å². The van der Waals surface area contributed by atoms with Gasteiger partial charge in [-0.1, -0.05) is 26.0 Å². The van der Waals surface area contributed by atoms with Crippen LogP contribution in [0.1, 0.15) is 37.9 Å². The number of hydrogen-bond acceptors (Lipinski definition) is 3. The summed E-state index contributed by atoms with van der Waals surface area (Å²) in [6, 6.07) is 10.3. The smallest absolute Gasteiger partial charge is 0.0991 e. The van der Waals surface area contributed by atoms with Gasteiger partial charge in [0.05, 0.1) is 11.6 Å². The molecule has 3 heteroatoms. The third-order valence-electron chi connectivity index (χ3n) is 3.29. The van der Waals surface area contributed by atoms with Crippen molar-refractivity contribution < 1.29 is 0 Å². The highest BCUT2D eigenvalue weighted by molar-refractivity contribution is 5.33. The Morgan fingerprint density at radius 1 is 1.33 bits per heavy atom. The second kappa shape index (κ2) is 7.86. The van der Waals surface area contributed by atoms with Crippen LogP contribution in [-0.4, -0.2) is 31.1 Å². The average Bonchev–Trinajstić information content (AvgIpc) is 2.43. The van der Waals surface area contributed by atoms with Crippen LogP contribution >= 0.6 is 0 Å². The molecule has 18 heavy (non-hydrogen) atoms. The van der Waals surface area contributed by atoms with E-state index in [4.69, 9.17) is 5.26 Å². The van der Waals surface area contributed by atoms with Crippen LogP contribution in [0, 0.1) is 11.3 Å². The van der Waals surface area contributed by atoms with Gasteiger partial charge in [0.25, 0.3) is 0 Å². The topological polar surface area (TPSA) is 39.1 Å². The van der Waals surface area contributed by atoms with Gasteiger partial charge in [-0.3, -0.25) is 0 Å². The first-order chi connectivity index (χ1) is 8.71. The molecule has 0 aromatic heterocycles. The molecule has 0 amide bonds. The largest absolute Gasteiger partial charge is 0.309 e. The van der Waals surface area contributed by atoms with Crippen molar-refractivity contribution in [3.8, 4) is 6.07 Å². The van der Waals surface area contributed by atoms with Crippen molar-refractivity contribution in [3.05, 3.63) is 35.4 Å². The summed E-state index contributed by atoms with van der Waals surface area (Å²) in [4.78, 5) is 2.39. The SMILES string of the molecule is CCN(CC)CCNC(C)c1cccc(C#N)c1. The highest BCUT2D eigenvalue weighted by Gasteiger charge is 2.06. The molecule has 1 aromatic rings. The van der Waals surface area contributed by atoms with Gasteiger partial charge >= 0.3 is 0 Å². The Bertz CT molecular complexity index is 391. The molecular weight excluding hydrogens is 222 g/mol. The summed E-state index contributed by atoms with van der Waals surface area (Å²) in [7, 11) is 0. The molecule has 1 N–H and O–H groups in total.